The molecular weight excluding hydrogens is 245 g/mol. The third-order valence-corrected chi connectivity index (χ3v) is 3.04. The van der Waals surface area contributed by atoms with Crippen molar-refractivity contribution in [3.05, 3.63) is 53.9 Å². The maximum absolute atomic E-state index is 13.8. The molecule has 0 saturated heterocycles. The van der Waals surface area contributed by atoms with Crippen LogP contribution < -0.4 is 5.32 Å². The van der Waals surface area contributed by atoms with Gasteiger partial charge in [0.05, 0.1) is 12.5 Å². The maximum Gasteiger partial charge on any atom is 0.269 e. The molecule has 19 heavy (non-hydrogen) atoms. The molecule has 0 aliphatic carbocycles. The van der Waals surface area contributed by atoms with E-state index >= 15 is 0 Å². The second-order valence-electron chi connectivity index (χ2n) is 5.01. The van der Waals surface area contributed by atoms with E-state index in [1.54, 1.807) is 18.2 Å². The molecule has 0 radical (unpaired) electrons. The molecule has 1 amide bonds. The molecule has 0 saturated carbocycles. The highest BCUT2D eigenvalue weighted by Gasteiger charge is 2.24. The summed E-state index contributed by atoms with van der Waals surface area (Å²) in [7, 11) is 0. The van der Waals surface area contributed by atoms with Gasteiger partial charge in [0.2, 0.25) is 0 Å². The molecule has 0 unspecified atom stereocenters. The fourth-order valence-corrected chi connectivity index (χ4v) is 1.88. The number of nitrogens with one attached hydrogen (secondary N) is 2. The number of carbonyl (C=O) groups is 1. The zero-order chi connectivity index (χ0) is 13.9. The molecule has 2 aromatic rings. The molecule has 1 aromatic carbocycles. The summed E-state index contributed by atoms with van der Waals surface area (Å²) in [4.78, 5) is 18.3. The van der Waals surface area contributed by atoms with Gasteiger partial charge in [0.15, 0.2) is 0 Å². The SMILES string of the molecule is CC(C)(CNC(=O)c1cnc[nH]1)c1ccccc1F. The molecule has 0 spiro atoms. The molecule has 1 aromatic heterocycles. The molecule has 0 bridgehead atoms. The quantitative estimate of drug-likeness (QED) is 0.887. The van der Waals surface area contributed by atoms with Crippen LogP contribution in [0.3, 0.4) is 0 Å². The van der Waals surface area contributed by atoms with E-state index in [0.717, 1.165) is 0 Å². The molecule has 0 atom stereocenters. The number of amides is 1. The van der Waals surface area contributed by atoms with Crippen LogP contribution in [0.2, 0.25) is 0 Å². The lowest BCUT2D eigenvalue weighted by atomic mass is 9.84. The summed E-state index contributed by atoms with van der Waals surface area (Å²) in [6, 6.07) is 6.60. The summed E-state index contributed by atoms with van der Waals surface area (Å²) < 4.78 is 13.8. The minimum atomic E-state index is -0.485. The molecule has 0 aliphatic heterocycles. The minimum absolute atomic E-state index is 0.248. The van der Waals surface area contributed by atoms with Crippen LogP contribution in [-0.2, 0) is 5.41 Å². The number of nitrogens with zero attached hydrogens (tertiary/aromatic N) is 1. The highest BCUT2D eigenvalue weighted by Crippen LogP contribution is 2.24. The maximum atomic E-state index is 13.8. The van der Waals surface area contributed by atoms with Crippen LogP contribution in [0, 0.1) is 5.82 Å². The molecule has 0 aliphatic rings. The Morgan fingerprint density at radius 3 is 2.79 bits per heavy atom. The van der Waals surface area contributed by atoms with Crippen molar-refractivity contribution in [1.29, 1.82) is 0 Å². The van der Waals surface area contributed by atoms with Crippen LogP contribution in [0.5, 0.6) is 0 Å². The van der Waals surface area contributed by atoms with Gasteiger partial charge >= 0.3 is 0 Å². The van der Waals surface area contributed by atoms with Gasteiger partial charge < -0.3 is 10.3 Å². The lowest BCUT2D eigenvalue weighted by Gasteiger charge is -2.25. The number of rotatable bonds is 4. The van der Waals surface area contributed by atoms with Gasteiger partial charge in [-0.25, -0.2) is 9.37 Å². The summed E-state index contributed by atoms with van der Waals surface area (Å²) in [6.45, 7) is 4.11. The first kappa shape index (κ1) is 13.3. The van der Waals surface area contributed by atoms with Crippen LogP contribution in [0.15, 0.2) is 36.8 Å². The fourth-order valence-electron chi connectivity index (χ4n) is 1.88. The number of benzene rings is 1. The van der Waals surface area contributed by atoms with Gasteiger partial charge in [-0.1, -0.05) is 32.0 Å². The first-order chi connectivity index (χ1) is 9.00. The predicted molar refractivity (Wildman–Crippen MR) is 70.3 cm³/mol. The van der Waals surface area contributed by atoms with Crippen molar-refractivity contribution in [2.75, 3.05) is 6.54 Å². The Morgan fingerprint density at radius 1 is 1.42 bits per heavy atom. The zero-order valence-corrected chi connectivity index (χ0v) is 10.9. The molecule has 4 nitrogen and oxygen atoms in total. The summed E-state index contributed by atoms with van der Waals surface area (Å²) in [6.07, 6.45) is 2.89. The summed E-state index contributed by atoms with van der Waals surface area (Å²) in [5, 5.41) is 2.77. The zero-order valence-electron chi connectivity index (χ0n) is 10.9. The van der Waals surface area contributed by atoms with Gasteiger partial charge in [0, 0.05) is 12.0 Å². The average molecular weight is 261 g/mol. The number of hydrogen-bond donors (Lipinski definition) is 2. The van der Waals surface area contributed by atoms with Crippen LogP contribution in [0.25, 0.3) is 0 Å². The van der Waals surface area contributed by atoms with Crippen molar-refractivity contribution in [3.8, 4) is 0 Å². The Hall–Kier alpha value is -2.17. The van der Waals surface area contributed by atoms with Crippen molar-refractivity contribution in [3.63, 3.8) is 0 Å². The molecule has 2 N–H and O–H groups in total. The van der Waals surface area contributed by atoms with E-state index < -0.39 is 5.41 Å². The Kier molecular flexibility index (Phi) is 3.64. The van der Waals surface area contributed by atoms with Gasteiger partial charge in [-0.2, -0.15) is 0 Å². The normalized spacial score (nSPS) is 11.3. The second kappa shape index (κ2) is 5.22. The van der Waals surface area contributed by atoms with Gasteiger partial charge in [0.25, 0.3) is 5.91 Å². The Morgan fingerprint density at radius 2 is 2.16 bits per heavy atom. The van der Waals surface area contributed by atoms with E-state index in [1.807, 2.05) is 13.8 Å². The lowest BCUT2D eigenvalue weighted by molar-refractivity contribution is 0.0941. The molecule has 0 fully saturated rings. The third-order valence-electron chi connectivity index (χ3n) is 3.04. The van der Waals surface area contributed by atoms with Crippen molar-refractivity contribution < 1.29 is 9.18 Å². The second-order valence-corrected chi connectivity index (χ2v) is 5.01. The van der Waals surface area contributed by atoms with Gasteiger partial charge in [-0.3, -0.25) is 4.79 Å². The number of hydrogen-bond acceptors (Lipinski definition) is 2. The van der Waals surface area contributed by atoms with Crippen LogP contribution in [-0.4, -0.2) is 22.4 Å². The predicted octanol–water partition coefficient (Wildman–Crippen LogP) is 2.26. The van der Waals surface area contributed by atoms with E-state index in [1.165, 1.54) is 18.6 Å². The Bertz CT molecular complexity index is 564. The van der Waals surface area contributed by atoms with Gasteiger partial charge in [-0.05, 0) is 11.6 Å². The van der Waals surface area contributed by atoms with E-state index in [-0.39, 0.29) is 11.7 Å². The fraction of sp³-hybridized carbons (Fsp3) is 0.286. The molecule has 2 rings (SSSR count). The topological polar surface area (TPSA) is 57.8 Å². The smallest absolute Gasteiger partial charge is 0.269 e. The van der Waals surface area contributed by atoms with E-state index in [9.17, 15) is 9.18 Å². The van der Waals surface area contributed by atoms with Crippen molar-refractivity contribution >= 4 is 5.91 Å². The minimum Gasteiger partial charge on any atom is -0.350 e. The molecule has 5 heteroatoms. The summed E-state index contributed by atoms with van der Waals surface area (Å²) >= 11 is 0. The average Bonchev–Trinajstić information content (AvgIpc) is 2.90. The third kappa shape index (κ3) is 2.99. The summed E-state index contributed by atoms with van der Waals surface area (Å²) in [5.41, 5.74) is 0.491. The molecule has 1 heterocycles. The number of H-pyrrole nitrogens is 1. The van der Waals surface area contributed by atoms with Crippen molar-refractivity contribution in [2.24, 2.45) is 0 Å². The summed E-state index contributed by atoms with van der Waals surface area (Å²) in [5.74, 6) is -0.509. The Labute approximate surface area is 111 Å². The van der Waals surface area contributed by atoms with Crippen LogP contribution >= 0.6 is 0 Å². The monoisotopic (exact) mass is 261 g/mol. The number of carbonyl (C=O) groups excluding carboxylic acids is 1. The highest BCUT2D eigenvalue weighted by atomic mass is 19.1. The van der Waals surface area contributed by atoms with Gasteiger partial charge in [0.1, 0.15) is 11.5 Å². The number of imidazole rings is 1. The van der Waals surface area contributed by atoms with Crippen LogP contribution in [0.1, 0.15) is 29.9 Å². The van der Waals surface area contributed by atoms with E-state index in [2.05, 4.69) is 15.3 Å². The van der Waals surface area contributed by atoms with E-state index in [4.69, 9.17) is 0 Å². The van der Waals surface area contributed by atoms with Crippen LogP contribution in [0.4, 0.5) is 4.39 Å². The molecule has 100 valence electrons. The standard InChI is InChI=1S/C14H16FN3O/c1-14(2,10-5-3-4-6-11(10)15)8-17-13(19)12-7-16-9-18-12/h3-7,9H,8H2,1-2H3,(H,16,18)(H,17,19). The largest absolute Gasteiger partial charge is 0.350 e. The first-order valence-electron chi connectivity index (χ1n) is 6.02. The number of aromatic nitrogens is 2. The highest BCUT2D eigenvalue weighted by molar-refractivity contribution is 5.92. The number of aromatic amines is 1. The Balaban J connectivity index is 2.06. The number of halogens is 1. The molecular formula is C14H16FN3O. The van der Waals surface area contributed by atoms with Crippen molar-refractivity contribution in [2.45, 2.75) is 19.3 Å². The van der Waals surface area contributed by atoms with Gasteiger partial charge in [-0.15, -0.1) is 0 Å². The first-order valence-corrected chi connectivity index (χ1v) is 6.02. The van der Waals surface area contributed by atoms with E-state index in [0.29, 0.717) is 17.8 Å². The van der Waals surface area contributed by atoms with Crippen molar-refractivity contribution in [1.82, 2.24) is 15.3 Å². The lowest BCUT2D eigenvalue weighted by Crippen LogP contribution is -2.37.